The molecule has 0 spiro atoms. The summed E-state index contributed by atoms with van der Waals surface area (Å²) in [5, 5.41) is 0. The number of hydrogen-bond acceptors (Lipinski definition) is 0. The van der Waals surface area contributed by atoms with Crippen molar-refractivity contribution in [1.82, 2.24) is 0 Å². The van der Waals surface area contributed by atoms with Gasteiger partial charge in [0.1, 0.15) is 0 Å². The van der Waals surface area contributed by atoms with Gasteiger partial charge in [-0.05, 0) is 56.6 Å². The lowest BCUT2D eigenvalue weighted by atomic mass is 9.83. The predicted octanol–water partition coefficient (Wildman–Crippen LogP) is 6.74. The van der Waals surface area contributed by atoms with Crippen molar-refractivity contribution in [3.8, 4) is 0 Å². The highest BCUT2D eigenvalue weighted by Gasteiger charge is 2.15. The molecular weight excluding hydrogens is 247 g/mol. The summed E-state index contributed by atoms with van der Waals surface area (Å²) in [5.74, 6) is 2.40. The van der Waals surface area contributed by atoms with Crippen molar-refractivity contribution in [2.75, 3.05) is 13.3 Å². The largest absolute Gasteiger partial charge is 0.0896 e. The van der Waals surface area contributed by atoms with Crippen LogP contribution in [0.4, 0.5) is 0 Å². The molecule has 0 aromatic heterocycles. The Morgan fingerprint density at radius 2 is 1.74 bits per heavy atom. The number of allylic oxidation sites excluding steroid dienone is 5. The molecule has 0 saturated carbocycles. The molecule has 0 atom stereocenters. The van der Waals surface area contributed by atoms with Gasteiger partial charge in [0.15, 0.2) is 0 Å². The molecule has 0 heterocycles. The summed E-state index contributed by atoms with van der Waals surface area (Å²) in [7, 11) is 0.0337. The van der Waals surface area contributed by atoms with Crippen LogP contribution in [-0.4, -0.2) is 13.3 Å². The van der Waals surface area contributed by atoms with Crippen molar-refractivity contribution in [3.63, 3.8) is 0 Å². The Hall–Kier alpha value is -0.350. The van der Waals surface area contributed by atoms with Crippen LogP contribution in [-0.2, 0) is 0 Å². The van der Waals surface area contributed by atoms with Gasteiger partial charge in [0, 0.05) is 0 Å². The second-order valence-corrected chi connectivity index (χ2v) is 8.97. The average Bonchev–Trinajstić information content (AvgIpc) is 2.29. The Labute approximate surface area is 122 Å². The minimum absolute atomic E-state index is 0.0337. The van der Waals surface area contributed by atoms with Gasteiger partial charge in [0.05, 0.1) is 0 Å². The van der Waals surface area contributed by atoms with Crippen molar-refractivity contribution in [2.45, 2.75) is 60.8 Å². The van der Waals surface area contributed by atoms with Crippen molar-refractivity contribution in [1.29, 1.82) is 0 Å². The minimum atomic E-state index is 0.0337. The lowest BCUT2D eigenvalue weighted by Crippen LogP contribution is -2.07. The predicted molar refractivity (Wildman–Crippen MR) is 93.3 cm³/mol. The number of rotatable bonds is 6. The van der Waals surface area contributed by atoms with Crippen LogP contribution in [0.5, 0.6) is 0 Å². The third-order valence-electron chi connectivity index (χ3n) is 3.09. The van der Waals surface area contributed by atoms with E-state index in [4.69, 9.17) is 0 Å². The molecule has 0 fully saturated rings. The Bertz CT molecular complexity index is 348. The zero-order valence-electron chi connectivity index (χ0n) is 14.3. The molecule has 1 heteroatoms. The molecule has 0 amide bonds. The van der Waals surface area contributed by atoms with E-state index in [1.54, 1.807) is 11.1 Å². The van der Waals surface area contributed by atoms with E-state index in [-0.39, 0.29) is 7.92 Å². The Morgan fingerprint density at radius 3 is 2.11 bits per heavy atom. The van der Waals surface area contributed by atoms with Gasteiger partial charge >= 0.3 is 0 Å². The van der Waals surface area contributed by atoms with Gasteiger partial charge in [-0.25, -0.2) is 0 Å². The molecule has 0 aliphatic heterocycles. The normalized spacial score (nSPS) is 15.3. The van der Waals surface area contributed by atoms with Gasteiger partial charge in [-0.15, -0.1) is 0 Å². The first-order valence-electron chi connectivity index (χ1n) is 7.41. The molecule has 110 valence electrons. The van der Waals surface area contributed by atoms with E-state index in [2.05, 4.69) is 72.8 Å². The second kappa shape index (κ2) is 8.75. The van der Waals surface area contributed by atoms with Crippen LogP contribution in [0.25, 0.3) is 0 Å². The molecular formula is C18H33P. The van der Waals surface area contributed by atoms with Crippen LogP contribution < -0.4 is 0 Å². The van der Waals surface area contributed by atoms with E-state index < -0.39 is 0 Å². The summed E-state index contributed by atoms with van der Waals surface area (Å²) in [6, 6.07) is 0. The first-order chi connectivity index (χ1) is 8.71. The quantitative estimate of drug-likeness (QED) is 0.373. The van der Waals surface area contributed by atoms with Crippen LogP contribution in [0.3, 0.4) is 0 Å². The molecule has 0 bridgehead atoms. The second-order valence-electron chi connectivity index (χ2n) is 6.74. The van der Waals surface area contributed by atoms with Gasteiger partial charge in [-0.2, -0.15) is 0 Å². The van der Waals surface area contributed by atoms with Crippen molar-refractivity contribution >= 4 is 7.92 Å². The molecule has 0 aromatic rings. The smallest absolute Gasteiger partial charge is 0.0227 e. The van der Waals surface area contributed by atoms with E-state index in [1.807, 2.05) is 0 Å². The van der Waals surface area contributed by atoms with Crippen LogP contribution in [0.2, 0.25) is 0 Å². The summed E-state index contributed by atoms with van der Waals surface area (Å²) < 4.78 is 0. The maximum absolute atomic E-state index is 2.40. The van der Waals surface area contributed by atoms with E-state index in [0.717, 1.165) is 6.42 Å². The molecule has 0 aliphatic rings. The maximum atomic E-state index is 2.40. The minimum Gasteiger partial charge on any atom is -0.0896 e. The van der Waals surface area contributed by atoms with Crippen molar-refractivity contribution in [2.24, 2.45) is 5.41 Å². The summed E-state index contributed by atoms with van der Waals surface area (Å²) in [6.45, 7) is 18.3. The third kappa shape index (κ3) is 8.43. The highest BCUT2D eigenvalue weighted by molar-refractivity contribution is 7.59. The number of hydrogen-bond donors (Lipinski definition) is 0. The molecule has 19 heavy (non-hydrogen) atoms. The van der Waals surface area contributed by atoms with Crippen LogP contribution in [0, 0.1) is 5.41 Å². The molecule has 0 saturated heterocycles. The fraction of sp³-hybridized carbons (Fsp3) is 0.667. The molecule has 0 N–H and O–H groups in total. The Balaban J connectivity index is 5.57. The van der Waals surface area contributed by atoms with E-state index in [9.17, 15) is 0 Å². The average molecular weight is 280 g/mol. The van der Waals surface area contributed by atoms with E-state index >= 15 is 0 Å². The molecule has 0 aliphatic carbocycles. The summed E-state index contributed by atoms with van der Waals surface area (Å²) in [4.78, 5) is 0. The molecule has 0 unspecified atom stereocenters. The van der Waals surface area contributed by atoms with Gasteiger partial charge in [-0.1, -0.05) is 65.6 Å². The zero-order valence-corrected chi connectivity index (χ0v) is 15.2. The fourth-order valence-electron chi connectivity index (χ4n) is 2.11. The monoisotopic (exact) mass is 280 g/mol. The van der Waals surface area contributed by atoms with Crippen LogP contribution in [0.1, 0.15) is 60.8 Å². The third-order valence-corrected chi connectivity index (χ3v) is 3.84. The van der Waals surface area contributed by atoms with Crippen LogP contribution in [0.15, 0.2) is 34.7 Å². The summed E-state index contributed by atoms with van der Waals surface area (Å²) in [5.41, 5.74) is 4.90. The van der Waals surface area contributed by atoms with Crippen molar-refractivity contribution < 1.29 is 0 Å². The molecule has 0 nitrogen and oxygen atoms in total. The Morgan fingerprint density at radius 1 is 1.16 bits per heavy atom. The molecule has 0 radical (unpaired) electrons. The molecule has 0 aromatic carbocycles. The standard InChI is InChI=1S/C18H33P/c1-9-11-17(15(3)10-2)16(12-13-19(7)8)14-18(4,5)6/h10,12-13H,9,11,14H2,1-8H3/b13-12+,15-10-,17-16+. The van der Waals surface area contributed by atoms with Crippen LogP contribution >= 0.6 is 7.92 Å². The van der Waals surface area contributed by atoms with Gasteiger partial charge in [0.2, 0.25) is 0 Å². The molecule has 0 rings (SSSR count). The fourth-order valence-corrected chi connectivity index (χ4v) is 2.59. The maximum Gasteiger partial charge on any atom is -0.0227 e. The first kappa shape index (κ1) is 18.7. The topological polar surface area (TPSA) is 0 Å². The first-order valence-corrected chi connectivity index (χ1v) is 9.71. The zero-order chi connectivity index (χ0) is 15.1. The Kier molecular flexibility index (Phi) is 8.59. The van der Waals surface area contributed by atoms with Gasteiger partial charge in [-0.3, -0.25) is 0 Å². The highest BCUT2D eigenvalue weighted by atomic mass is 31.1. The van der Waals surface area contributed by atoms with E-state index in [0.29, 0.717) is 5.41 Å². The van der Waals surface area contributed by atoms with Gasteiger partial charge < -0.3 is 0 Å². The SMILES string of the molecule is C\C=C(C)/C(CCC)=C(\C=C\P(C)C)CC(C)(C)C. The lowest BCUT2D eigenvalue weighted by Gasteiger charge is -2.22. The van der Waals surface area contributed by atoms with E-state index in [1.165, 1.54) is 18.4 Å². The lowest BCUT2D eigenvalue weighted by molar-refractivity contribution is 0.411. The van der Waals surface area contributed by atoms with Gasteiger partial charge in [0.25, 0.3) is 0 Å². The summed E-state index contributed by atoms with van der Waals surface area (Å²) in [6.07, 6.45) is 8.22. The summed E-state index contributed by atoms with van der Waals surface area (Å²) >= 11 is 0. The van der Waals surface area contributed by atoms with Crippen molar-refractivity contribution in [3.05, 3.63) is 34.7 Å². The highest BCUT2D eigenvalue weighted by Crippen LogP contribution is 2.34.